The highest BCUT2D eigenvalue weighted by atomic mass is 32.1. The molecule has 1 unspecified atom stereocenters. The molecule has 0 saturated carbocycles. The standard InChI is InChI=1S/C18H15F3N2OS/c1-9-5-6-13-12(7-9)14-16(24)22-15(23-17(14)25-13)10-3-2-4-11(8-10)18(19,20)21/h2-4,8-9H,5-7H2,1H3,(H,22,23,24). The zero-order chi connectivity index (χ0) is 17.8. The average molecular weight is 364 g/mol. The number of aryl methyl sites for hydroxylation is 1. The molecule has 0 saturated heterocycles. The van der Waals surface area contributed by atoms with Crippen molar-refractivity contribution < 1.29 is 13.2 Å². The Kier molecular flexibility index (Phi) is 3.72. The number of hydrogen-bond acceptors (Lipinski definition) is 3. The molecule has 4 rings (SSSR count). The fourth-order valence-corrected chi connectivity index (χ4v) is 4.55. The number of thiophene rings is 1. The van der Waals surface area contributed by atoms with Crippen LogP contribution in [0.15, 0.2) is 29.1 Å². The fraction of sp³-hybridized carbons (Fsp3) is 0.333. The van der Waals surface area contributed by atoms with Gasteiger partial charge in [-0.05, 0) is 42.9 Å². The van der Waals surface area contributed by atoms with E-state index in [4.69, 9.17) is 0 Å². The minimum absolute atomic E-state index is 0.176. The molecule has 2 aromatic heterocycles. The summed E-state index contributed by atoms with van der Waals surface area (Å²) in [6, 6.07) is 4.86. The molecule has 1 aromatic carbocycles. The van der Waals surface area contributed by atoms with Crippen molar-refractivity contribution in [1.29, 1.82) is 0 Å². The third-order valence-electron chi connectivity index (χ3n) is 4.62. The van der Waals surface area contributed by atoms with E-state index in [1.54, 1.807) is 0 Å². The second kappa shape index (κ2) is 5.69. The van der Waals surface area contributed by atoms with Gasteiger partial charge in [-0.25, -0.2) is 4.98 Å². The Hall–Kier alpha value is -2.15. The maximum absolute atomic E-state index is 12.9. The van der Waals surface area contributed by atoms with Crippen LogP contribution in [0.2, 0.25) is 0 Å². The highest BCUT2D eigenvalue weighted by molar-refractivity contribution is 7.18. The Morgan fingerprint density at radius 1 is 1.32 bits per heavy atom. The molecule has 3 aromatic rings. The number of aromatic amines is 1. The first-order valence-electron chi connectivity index (χ1n) is 8.05. The maximum atomic E-state index is 12.9. The number of rotatable bonds is 1. The van der Waals surface area contributed by atoms with E-state index in [-0.39, 0.29) is 16.9 Å². The van der Waals surface area contributed by atoms with E-state index in [1.807, 2.05) is 0 Å². The Bertz CT molecular complexity index is 1020. The lowest BCUT2D eigenvalue weighted by atomic mass is 9.89. The van der Waals surface area contributed by atoms with Crippen LogP contribution in [0.3, 0.4) is 0 Å². The van der Waals surface area contributed by atoms with Gasteiger partial charge in [0.1, 0.15) is 10.7 Å². The lowest BCUT2D eigenvalue weighted by Crippen LogP contribution is -2.14. The van der Waals surface area contributed by atoms with Gasteiger partial charge in [0, 0.05) is 10.4 Å². The van der Waals surface area contributed by atoms with E-state index < -0.39 is 11.7 Å². The number of aromatic nitrogens is 2. The Balaban J connectivity index is 1.87. The number of nitrogens with zero attached hydrogens (tertiary/aromatic N) is 1. The van der Waals surface area contributed by atoms with E-state index in [0.29, 0.717) is 16.1 Å². The second-order valence-electron chi connectivity index (χ2n) is 6.53. The van der Waals surface area contributed by atoms with Crippen LogP contribution in [0, 0.1) is 5.92 Å². The molecule has 0 aliphatic heterocycles. The Morgan fingerprint density at radius 2 is 2.12 bits per heavy atom. The van der Waals surface area contributed by atoms with Crippen molar-refractivity contribution in [2.45, 2.75) is 32.4 Å². The molecule has 1 aliphatic rings. The fourth-order valence-electron chi connectivity index (χ4n) is 3.34. The predicted octanol–water partition coefficient (Wildman–Crippen LogP) is 4.80. The Morgan fingerprint density at radius 3 is 2.88 bits per heavy atom. The molecule has 1 atom stereocenters. The maximum Gasteiger partial charge on any atom is 0.416 e. The van der Waals surface area contributed by atoms with Crippen molar-refractivity contribution in [3.8, 4) is 11.4 Å². The number of nitrogens with one attached hydrogen (secondary N) is 1. The SMILES string of the molecule is CC1CCc2sc3nc(-c4cccc(C(F)(F)F)c4)[nH]c(=O)c3c2C1. The van der Waals surface area contributed by atoms with Gasteiger partial charge in [0.2, 0.25) is 0 Å². The normalized spacial score (nSPS) is 17.7. The quantitative estimate of drug-likeness (QED) is 0.674. The molecular weight excluding hydrogens is 349 g/mol. The minimum atomic E-state index is -4.43. The van der Waals surface area contributed by atoms with Crippen molar-refractivity contribution in [3.63, 3.8) is 0 Å². The molecule has 2 heterocycles. The average Bonchev–Trinajstić information content (AvgIpc) is 2.92. The third-order valence-corrected chi connectivity index (χ3v) is 5.81. The van der Waals surface area contributed by atoms with E-state index in [0.717, 1.165) is 37.0 Å². The highest BCUT2D eigenvalue weighted by Crippen LogP contribution is 2.36. The van der Waals surface area contributed by atoms with Gasteiger partial charge in [0.25, 0.3) is 5.56 Å². The van der Waals surface area contributed by atoms with Crippen LogP contribution in [0.1, 0.15) is 29.3 Å². The van der Waals surface area contributed by atoms with E-state index in [2.05, 4.69) is 16.9 Å². The summed E-state index contributed by atoms with van der Waals surface area (Å²) in [6.07, 6.45) is -1.57. The first-order chi connectivity index (χ1) is 11.8. The molecule has 3 nitrogen and oxygen atoms in total. The van der Waals surface area contributed by atoms with E-state index in [9.17, 15) is 18.0 Å². The summed E-state index contributed by atoms with van der Waals surface area (Å²) < 4.78 is 38.8. The minimum Gasteiger partial charge on any atom is -0.306 e. The number of H-pyrrole nitrogens is 1. The summed E-state index contributed by atoms with van der Waals surface area (Å²) in [5, 5.41) is 0.599. The van der Waals surface area contributed by atoms with Gasteiger partial charge >= 0.3 is 6.18 Å². The summed E-state index contributed by atoms with van der Waals surface area (Å²) in [7, 11) is 0. The predicted molar refractivity (Wildman–Crippen MR) is 91.9 cm³/mol. The molecule has 0 bridgehead atoms. The summed E-state index contributed by atoms with van der Waals surface area (Å²) >= 11 is 1.48. The number of alkyl halides is 3. The molecule has 25 heavy (non-hydrogen) atoms. The first kappa shape index (κ1) is 16.3. The van der Waals surface area contributed by atoms with Crippen molar-refractivity contribution in [3.05, 3.63) is 50.6 Å². The lowest BCUT2D eigenvalue weighted by Gasteiger charge is -2.17. The van der Waals surface area contributed by atoms with Crippen LogP contribution in [0.4, 0.5) is 13.2 Å². The monoisotopic (exact) mass is 364 g/mol. The van der Waals surface area contributed by atoms with Crippen molar-refractivity contribution in [1.82, 2.24) is 9.97 Å². The van der Waals surface area contributed by atoms with Crippen LogP contribution in [-0.4, -0.2) is 9.97 Å². The molecular formula is C18H15F3N2OS. The zero-order valence-electron chi connectivity index (χ0n) is 13.4. The van der Waals surface area contributed by atoms with Gasteiger partial charge in [0.15, 0.2) is 0 Å². The van der Waals surface area contributed by atoms with Crippen molar-refractivity contribution >= 4 is 21.6 Å². The van der Waals surface area contributed by atoms with Crippen molar-refractivity contribution in [2.75, 3.05) is 0 Å². The van der Waals surface area contributed by atoms with Gasteiger partial charge in [0.05, 0.1) is 10.9 Å². The lowest BCUT2D eigenvalue weighted by molar-refractivity contribution is -0.137. The number of hydrogen-bond donors (Lipinski definition) is 1. The van der Waals surface area contributed by atoms with Crippen LogP contribution in [0.25, 0.3) is 21.6 Å². The number of benzene rings is 1. The highest BCUT2D eigenvalue weighted by Gasteiger charge is 2.31. The summed E-state index contributed by atoms with van der Waals surface area (Å²) in [6.45, 7) is 2.16. The first-order valence-corrected chi connectivity index (χ1v) is 8.87. The smallest absolute Gasteiger partial charge is 0.306 e. The van der Waals surface area contributed by atoms with Gasteiger partial charge in [-0.3, -0.25) is 4.79 Å². The topological polar surface area (TPSA) is 45.8 Å². The molecule has 1 aliphatic carbocycles. The molecule has 0 radical (unpaired) electrons. The molecule has 1 N–H and O–H groups in total. The number of fused-ring (bicyclic) bond motifs is 3. The van der Waals surface area contributed by atoms with Gasteiger partial charge in [-0.1, -0.05) is 19.1 Å². The largest absolute Gasteiger partial charge is 0.416 e. The van der Waals surface area contributed by atoms with Crippen LogP contribution >= 0.6 is 11.3 Å². The summed E-state index contributed by atoms with van der Waals surface area (Å²) in [5.41, 5.74) is 0.285. The Labute approximate surface area is 145 Å². The molecule has 0 spiro atoms. The van der Waals surface area contributed by atoms with E-state index in [1.165, 1.54) is 28.3 Å². The van der Waals surface area contributed by atoms with Gasteiger partial charge < -0.3 is 4.98 Å². The van der Waals surface area contributed by atoms with Crippen LogP contribution < -0.4 is 5.56 Å². The molecule has 130 valence electrons. The van der Waals surface area contributed by atoms with Crippen LogP contribution in [-0.2, 0) is 19.0 Å². The molecule has 0 fully saturated rings. The van der Waals surface area contributed by atoms with Gasteiger partial charge in [-0.15, -0.1) is 11.3 Å². The summed E-state index contributed by atoms with van der Waals surface area (Å²) in [5.74, 6) is 0.697. The third kappa shape index (κ3) is 2.86. The van der Waals surface area contributed by atoms with Crippen LogP contribution in [0.5, 0.6) is 0 Å². The van der Waals surface area contributed by atoms with Crippen molar-refractivity contribution in [2.24, 2.45) is 5.92 Å². The molecule has 0 amide bonds. The molecule has 7 heteroatoms. The second-order valence-corrected chi connectivity index (χ2v) is 7.61. The summed E-state index contributed by atoms with van der Waals surface area (Å²) in [4.78, 5) is 21.5. The van der Waals surface area contributed by atoms with E-state index >= 15 is 0 Å². The number of halogens is 3. The van der Waals surface area contributed by atoms with Gasteiger partial charge in [-0.2, -0.15) is 13.2 Å². The zero-order valence-corrected chi connectivity index (χ0v) is 14.2.